The van der Waals surface area contributed by atoms with Crippen LogP contribution in [0.3, 0.4) is 0 Å². The summed E-state index contributed by atoms with van der Waals surface area (Å²) in [5.74, 6) is -1.46. The van der Waals surface area contributed by atoms with E-state index in [0.29, 0.717) is 22.6 Å². The van der Waals surface area contributed by atoms with Crippen molar-refractivity contribution < 1.29 is 17.7 Å². The third-order valence-corrected chi connectivity index (χ3v) is 5.12. The molecule has 32 heavy (non-hydrogen) atoms. The molecule has 8 heteroatoms. The SMILES string of the molecule is Cc1noc(-c2ccc(F)c(-c3c(=O)ccn4c(-c5ccc(F)cc5F)cccc34)c2)n1. The smallest absolute Gasteiger partial charge is 0.257 e. The number of hydrogen-bond donors (Lipinski definition) is 0. The highest BCUT2D eigenvalue weighted by Gasteiger charge is 2.18. The predicted octanol–water partition coefficient (Wildman–Crippen LogP) is 5.41. The van der Waals surface area contributed by atoms with E-state index in [-0.39, 0.29) is 22.6 Å². The first-order chi connectivity index (χ1) is 15.4. The third-order valence-electron chi connectivity index (χ3n) is 5.12. The summed E-state index contributed by atoms with van der Waals surface area (Å²) in [6.07, 6.45) is 1.47. The zero-order chi connectivity index (χ0) is 22.4. The second-order valence-corrected chi connectivity index (χ2v) is 7.19. The number of fused-ring (bicyclic) bond motifs is 1. The second-order valence-electron chi connectivity index (χ2n) is 7.19. The van der Waals surface area contributed by atoms with E-state index in [0.717, 1.165) is 12.1 Å². The van der Waals surface area contributed by atoms with E-state index in [1.165, 1.54) is 36.5 Å². The van der Waals surface area contributed by atoms with Gasteiger partial charge in [0.25, 0.3) is 5.89 Å². The molecule has 0 bridgehead atoms. The fourth-order valence-electron chi connectivity index (χ4n) is 3.69. The minimum atomic E-state index is -0.752. The maximum Gasteiger partial charge on any atom is 0.257 e. The van der Waals surface area contributed by atoms with E-state index in [1.54, 1.807) is 29.5 Å². The molecule has 0 spiro atoms. The van der Waals surface area contributed by atoms with Crippen LogP contribution in [0.15, 0.2) is 76.2 Å². The van der Waals surface area contributed by atoms with Crippen molar-refractivity contribution in [2.75, 3.05) is 0 Å². The summed E-state index contributed by atoms with van der Waals surface area (Å²) in [4.78, 5) is 17.0. The molecule has 5 nitrogen and oxygen atoms in total. The maximum absolute atomic E-state index is 14.9. The number of aryl methyl sites for hydroxylation is 1. The summed E-state index contributed by atoms with van der Waals surface area (Å²) < 4.78 is 49.5. The molecule has 0 fully saturated rings. The van der Waals surface area contributed by atoms with Crippen LogP contribution in [0.2, 0.25) is 0 Å². The molecule has 3 aromatic heterocycles. The van der Waals surface area contributed by atoms with E-state index < -0.39 is 22.9 Å². The zero-order valence-corrected chi connectivity index (χ0v) is 16.6. The Morgan fingerprint density at radius 1 is 0.906 bits per heavy atom. The molecule has 0 saturated heterocycles. The number of nitrogens with zero attached hydrogens (tertiary/aromatic N) is 3. The lowest BCUT2D eigenvalue weighted by atomic mass is 10.00. The monoisotopic (exact) mass is 433 g/mol. The van der Waals surface area contributed by atoms with Crippen LogP contribution in [-0.2, 0) is 0 Å². The Morgan fingerprint density at radius 2 is 1.75 bits per heavy atom. The van der Waals surface area contributed by atoms with Crippen LogP contribution >= 0.6 is 0 Å². The van der Waals surface area contributed by atoms with Gasteiger partial charge in [-0.3, -0.25) is 4.79 Å². The molecule has 0 aliphatic heterocycles. The lowest BCUT2D eigenvalue weighted by Gasteiger charge is -2.14. The fourth-order valence-corrected chi connectivity index (χ4v) is 3.69. The quantitative estimate of drug-likeness (QED) is 0.382. The number of rotatable bonds is 3. The van der Waals surface area contributed by atoms with E-state index in [1.807, 2.05) is 0 Å². The van der Waals surface area contributed by atoms with Gasteiger partial charge in [0.15, 0.2) is 11.3 Å². The summed E-state index contributed by atoms with van der Waals surface area (Å²) in [6, 6.07) is 13.6. The van der Waals surface area contributed by atoms with Crippen LogP contribution in [-0.4, -0.2) is 14.5 Å². The van der Waals surface area contributed by atoms with E-state index in [9.17, 15) is 18.0 Å². The molecule has 2 aromatic carbocycles. The lowest BCUT2D eigenvalue weighted by Crippen LogP contribution is -2.09. The molecule has 0 amide bonds. The normalized spacial score (nSPS) is 11.2. The molecule has 0 aliphatic rings. The number of pyridine rings is 2. The molecule has 5 aromatic rings. The van der Waals surface area contributed by atoms with Gasteiger partial charge in [-0.2, -0.15) is 4.98 Å². The highest BCUT2D eigenvalue weighted by atomic mass is 19.1. The van der Waals surface area contributed by atoms with Gasteiger partial charge in [-0.05, 0) is 49.4 Å². The van der Waals surface area contributed by atoms with Crippen LogP contribution in [0.4, 0.5) is 13.2 Å². The maximum atomic E-state index is 14.9. The first-order valence-corrected chi connectivity index (χ1v) is 9.63. The largest absolute Gasteiger partial charge is 0.334 e. The van der Waals surface area contributed by atoms with Gasteiger partial charge in [0.1, 0.15) is 17.5 Å². The van der Waals surface area contributed by atoms with Gasteiger partial charge in [0.05, 0.1) is 16.8 Å². The number of benzene rings is 2. The van der Waals surface area contributed by atoms with Crippen LogP contribution in [0.5, 0.6) is 0 Å². The second kappa shape index (κ2) is 7.49. The van der Waals surface area contributed by atoms with Crippen molar-refractivity contribution in [1.29, 1.82) is 0 Å². The summed E-state index contributed by atoms with van der Waals surface area (Å²) in [7, 11) is 0. The number of halogens is 3. The minimum Gasteiger partial charge on any atom is -0.334 e. The first kappa shape index (κ1) is 19.7. The molecule has 0 radical (unpaired) electrons. The van der Waals surface area contributed by atoms with Crippen molar-refractivity contribution in [3.63, 3.8) is 0 Å². The van der Waals surface area contributed by atoms with Gasteiger partial charge in [0, 0.05) is 35.0 Å². The van der Waals surface area contributed by atoms with E-state index >= 15 is 0 Å². The average molecular weight is 433 g/mol. The molecule has 3 heterocycles. The first-order valence-electron chi connectivity index (χ1n) is 9.63. The Labute approximate surface area is 179 Å². The summed E-state index contributed by atoms with van der Waals surface area (Å²) in [5.41, 5.74) is 1.04. The molecule has 0 aliphatic carbocycles. The topological polar surface area (TPSA) is 60.4 Å². The molecule has 0 saturated carbocycles. The fraction of sp³-hybridized carbons (Fsp3) is 0.0417. The van der Waals surface area contributed by atoms with Crippen molar-refractivity contribution in [2.45, 2.75) is 6.92 Å². The number of aromatic nitrogens is 3. The average Bonchev–Trinajstić information content (AvgIpc) is 3.20. The van der Waals surface area contributed by atoms with Crippen molar-refractivity contribution in [1.82, 2.24) is 14.5 Å². The van der Waals surface area contributed by atoms with Crippen molar-refractivity contribution in [3.05, 3.63) is 100 Å². The van der Waals surface area contributed by atoms with Crippen LogP contribution in [0, 0.1) is 24.4 Å². The van der Waals surface area contributed by atoms with Crippen molar-refractivity contribution >= 4 is 5.52 Å². The van der Waals surface area contributed by atoms with Gasteiger partial charge in [0.2, 0.25) is 0 Å². The lowest BCUT2D eigenvalue weighted by molar-refractivity contribution is 0.425. The molecule has 158 valence electrons. The molecule has 5 rings (SSSR count). The van der Waals surface area contributed by atoms with Crippen LogP contribution < -0.4 is 5.43 Å². The van der Waals surface area contributed by atoms with Gasteiger partial charge >= 0.3 is 0 Å². The minimum absolute atomic E-state index is 0.0400. The Morgan fingerprint density at radius 3 is 2.50 bits per heavy atom. The predicted molar refractivity (Wildman–Crippen MR) is 112 cm³/mol. The van der Waals surface area contributed by atoms with Crippen LogP contribution in [0.1, 0.15) is 5.82 Å². The Balaban J connectivity index is 1.77. The molecule has 0 atom stereocenters. The highest BCUT2D eigenvalue weighted by Crippen LogP contribution is 2.31. The van der Waals surface area contributed by atoms with Crippen LogP contribution in [0.25, 0.3) is 39.4 Å². The summed E-state index contributed by atoms with van der Waals surface area (Å²) in [6.45, 7) is 1.66. The standard InChI is InChI=1S/C24H14F3N3O2/c1-13-28-24(32-29-13)14-5-8-18(26)17(11-14)23-21-4-2-3-20(30(21)10-9-22(23)31)16-7-6-15(25)12-19(16)27/h2-12H,1H3. The zero-order valence-electron chi connectivity index (χ0n) is 16.6. The molecular formula is C24H14F3N3O2. The summed E-state index contributed by atoms with van der Waals surface area (Å²) in [5, 5.41) is 3.74. The van der Waals surface area contributed by atoms with Gasteiger partial charge in [-0.15, -0.1) is 0 Å². The highest BCUT2D eigenvalue weighted by molar-refractivity contribution is 5.84. The van der Waals surface area contributed by atoms with Gasteiger partial charge in [-0.1, -0.05) is 11.2 Å². The molecular weight excluding hydrogens is 419 g/mol. The number of hydrogen-bond acceptors (Lipinski definition) is 4. The Kier molecular flexibility index (Phi) is 4.62. The third kappa shape index (κ3) is 3.26. The van der Waals surface area contributed by atoms with Gasteiger partial charge < -0.3 is 8.92 Å². The van der Waals surface area contributed by atoms with Crippen molar-refractivity contribution in [2.24, 2.45) is 0 Å². The summed E-state index contributed by atoms with van der Waals surface area (Å²) >= 11 is 0. The van der Waals surface area contributed by atoms with Gasteiger partial charge in [-0.25, -0.2) is 13.2 Å². The Hall–Kier alpha value is -4.20. The Bertz CT molecular complexity index is 1560. The molecule has 0 unspecified atom stereocenters. The van der Waals surface area contributed by atoms with E-state index in [2.05, 4.69) is 10.1 Å². The van der Waals surface area contributed by atoms with Crippen molar-refractivity contribution in [3.8, 4) is 33.8 Å². The van der Waals surface area contributed by atoms with E-state index in [4.69, 9.17) is 4.52 Å². The molecule has 0 N–H and O–H groups in total.